The zero-order valence-corrected chi connectivity index (χ0v) is 22.5. The molecule has 0 radical (unpaired) electrons. The summed E-state index contributed by atoms with van der Waals surface area (Å²) in [6, 6.07) is 11.8. The molecule has 2 aromatic rings. The normalized spacial score (nSPS) is 13.0. The Morgan fingerprint density at radius 2 is 1.77 bits per heavy atom. The van der Waals surface area contributed by atoms with E-state index < -0.39 is 28.5 Å². The molecule has 0 saturated heterocycles. The van der Waals surface area contributed by atoms with Gasteiger partial charge in [-0.25, -0.2) is 8.42 Å². The van der Waals surface area contributed by atoms with Crippen molar-refractivity contribution in [3.8, 4) is 5.75 Å². The Kier molecular flexibility index (Phi) is 9.71. The zero-order valence-electron chi connectivity index (χ0n) is 21.7. The average molecular weight is 504 g/mol. The van der Waals surface area contributed by atoms with Crippen LogP contribution in [0.3, 0.4) is 0 Å². The molecule has 0 bridgehead atoms. The van der Waals surface area contributed by atoms with Crippen LogP contribution >= 0.6 is 0 Å². The maximum absolute atomic E-state index is 13.6. The Balaban J connectivity index is 2.44. The molecule has 8 nitrogen and oxygen atoms in total. The van der Waals surface area contributed by atoms with E-state index in [1.54, 1.807) is 45.2 Å². The molecule has 0 aliphatic carbocycles. The highest BCUT2D eigenvalue weighted by Gasteiger charge is 2.31. The molecule has 0 fully saturated rings. The summed E-state index contributed by atoms with van der Waals surface area (Å²) in [6.45, 7) is 8.87. The van der Waals surface area contributed by atoms with Gasteiger partial charge in [-0.2, -0.15) is 0 Å². The van der Waals surface area contributed by atoms with Gasteiger partial charge in [-0.3, -0.25) is 13.9 Å². The fourth-order valence-electron chi connectivity index (χ4n) is 3.60. The number of hydrogen-bond donors (Lipinski definition) is 1. The van der Waals surface area contributed by atoms with E-state index in [1.165, 1.54) is 4.90 Å². The monoisotopic (exact) mass is 503 g/mol. The molecule has 0 heterocycles. The van der Waals surface area contributed by atoms with Crippen LogP contribution in [0.25, 0.3) is 0 Å². The molecule has 1 N–H and O–H groups in total. The Morgan fingerprint density at radius 1 is 1.09 bits per heavy atom. The second kappa shape index (κ2) is 12.1. The van der Waals surface area contributed by atoms with Crippen LogP contribution in [0.1, 0.15) is 43.9 Å². The van der Waals surface area contributed by atoms with Gasteiger partial charge in [0.1, 0.15) is 18.3 Å². The van der Waals surface area contributed by atoms with Crippen molar-refractivity contribution in [1.82, 2.24) is 10.2 Å². The standard InChI is InChI=1S/C26H37N3O5S/c1-8-20(4)27-26(31)21(5)28(16-22-10-9-11-23(15-22)34-6)25(30)17-29(35(7,32)33)24-14-18(2)12-13-19(24)3/h9-15,20-21H,8,16-17H2,1-7H3,(H,27,31)/t20-,21+/m1/s1. The molecular formula is C26H37N3O5S. The van der Waals surface area contributed by atoms with Gasteiger partial charge in [-0.05, 0) is 69.0 Å². The summed E-state index contributed by atoms with van der Waals surface area (Å²) >= 11 is 0. The van der Waals surface area contributed by atoms with Crippen LogP contribution in [0.4, 0.5) is 5.69 Å². The van der Waals surface area contributed by atoms with E-state index in [0.717, 1.165) is 33.7 Å². The molecule has 192 valence electrons. The average Bonchev–Trinajstić information content (AvgIpc) is 2.81. The topological polar surface area (TPSA) is 96.0 Å². The zero-order chi connectivity index (χ0) is 26.3. The Hall–Kier alpha value is -3.07. The van der Waals surface area contributed by atoms with Crippen LogP contribution in [-0.2, 0) is 26.2 Å². The molecule has 0 aliphatic rings. The minimum atomic E-state index is -3.77. The number of nitrogens with zero attached hydrogens (tertiary/aromatic N) is 2. The van der Waals surface area contributed by atoms with Crippen LogP contribution in [0.2, 0.25) is 0 Å². The predicted octanol–water partition coefficient (Wildman–Crippen LogP) is 3.41. The quantitative estimate of drug-likeness (QED) is 0.507. The van der Waals surface area contributed by atoms with Crippen molar-refractivity contribution in [1.29, 1.82) is 0 Å². The molecule has 0 unspecified atom stereocenters. The fourth-order valence-corrected chi connectivity index (χ4v) is 4.50. The molecule has 2 rings (SSSR count). The van der Waals surface area contributed by atoms with E-state index in [1.807, 2.05) is 39.0 Å². The SMILES string of the molecule is CC[C@@H](C)NC(=O)[C@H](C)N(Cc1cccc(OC)c1)C(=O)CN(c1cc(C)ccc1C)S(C)(=O)=O. The first-order valence-electron chi connectivity index (χ1n) is 11.6. The van der Waals surface area contributed by atoms with E-state index >= 15 is 0 Å². The fraction of sp³-hybridized carbons (Fsp3) is 0.462. The number of methoxy groups -OCH3 is 1. The van der Waals surface area contributed by atoms with Gasteiger partial charge in [0.15, 0.2) is 0 Å². The third-order valence-corrected chi connectivity index (χ3v) is 7.09. The summed E-state index contributed by atoms with van der Waals surface area (Å²) < 4.78 is 31.9. The van der Waals surface area contributed by atoms with Gasteiger partial charge in [0.05, 0.1) is 19.1 Å². The summed E-state index contributed by atoms with van der Waals surface area (Å²) in [5.41, 5.74) is 2.81. The van der Waals surface area contributed by atoms with E-state index in [0.29, 0.717) is 11.4 Å². The van der Waals surface area contributed by atoms with Crippen molar-refractivity contribution in [2.24, 2.45) is 0 Å². The van der Waals surface area contributed by atoms with Crippen molar-refractivity contribution in [3.05, 3.63) is 59.2 Å². The minimum absolute atomic E-state index is 0.0545. The highest BCUT2D eigenvalue weighted by molar-refractivity contribution is 7.92. The lowest BCUT2D eigenvalue weighted by Crippen LogP contribution is -2.52. The number of carbonyl (C=O) groups excluding carboxylic acids is 2. The maximum Gasteiger partial charge on any atom is 0.244 e. The number of ether oxygens (including phenoxy) is 1. The van der Waals surface area contributed by atoms with Crippen molar-refractivity contribution in [2.75, 3.05) is 24.2 Å². The summed E-state index contributed by atoms with van der Waals surface area (Å²) in [5, 5.41) is 2.92. The van der Waals surface area contributed by atoms with Gasteiger partial charge in [0, 0.05) is 12.6 Å². The number of benzene rings is 2. The van der Waals surface area contributed by atoms with Crippen molar-refractivity contribution in [3.63, 3.8) is 0 Å². The molecule has 0 spiro atoms. The third-order valence-electron chi connectivity index (χ3n) is 5.97. The van der Waals surface area contributed by atoms with Crippen molar-refractivity contribution < 1.29 is 22.7 Å². The first-order chi connectivity index (χ1) is 16.4. The van der Waals surface area contributed by atoms with Crippen LogP contribution in [-0.4, -0.2) is 57.1 Å². The number of aryl methyl sites for hydroxylation is 2. The van der Waals surface area contributed by atoms with E-state index in [4.69, 9.17) is 4.74 Å². The lowest BCUT2D eigenvalue weighted by molar-refractivity contribution is -0.139. The van der Waals surface area contributed by atoms with Crippen molar-refractivity contribution >= 4 is 27.5 Å². The van der Waals surface area contributed by atoms with Crippen LogP contribution in [0, 0.1) is 13.8 Å². The number of carbonyl (C=O) groups is 2. The van der Waals surface area contributed by atoms with Crippen LogP contribution in [0.15, 0.2) is 42.5 Å². The first kappa shape index (κ1) is 28.2. The van der Waals surface area contributed by atoms with Gasteiger partial charge in [0.25, 0.3) is 0 Å². The minimum Gasteiger partial charge on any atom is -0.497 e. The molecule has 9 heteroatoms. The Labute approximate surface area is 209 Å². The Bertz CT molecular complexity index is 1150. The van der Waals surface area contributed by atoms with E-state index in [2.05, 4.69) is 5.32 Å². The number of nitrogens with one attached hydrogen (secondary N) is 1. The van der Waals surface area contributed by atoms with E-state index in [9.17, 15) is 18.0 Å². The maximum atomic E-state index is 13.6. The van der Waals surface area contributed by atoms with Gasteiger partial charge in [-0.15, -0.1) is 0 Å². The third kappa shape index (κ3) is 7.71. The summed E-state index contributed by atoms with van der Waals surface area (Å²) in [5.74, 6) is -0.154. The van der Waals surface area contributed by atoms with Gasteiger partial charge < -0.3 is 15.0 Å². The molecule has 35 heavy (non-hydrogen) atoms. The molecule has 0 aromatic heterocycles. The highest BCUT2D eigenvalue weighted by atomic mass is 32.2. The Morgan fingerprint density at radius 3 is 2.37 bits per heavy atom. The second-order valence-corrected chi connectivity index (χ2v) is 10.8. The molecular weight excluding hydrogens is 466 g/mol. The van der Waals surface area contributed by atoms with Gasteiger partial charge in [-0.1, -0.05) is 31.2 Å². The summed E-state index contributed by atoms with van der Waals surface area (Å²) in [4.78, 5) is 28.0. The van der Waals surface area contributed by atoms with Gasteiger partial charge >= 0.3 is 0 Å². The molecule has 2 aromatic carbocycles. The van der Waals surface area contributed by atoms with Crippen LogP contribution < -0.4 is 14.4 Å². The molecule has 2 amide bonds. The number of amides is 2. The molecule has 2 atom stereocenters. The predicted molar refractivity (Wildman–Crippen MR) is 139 cm³/mol. The number of anilines is 1. The number of hydrogen-bond acceptors (Lipinski definition) is 5. The smallest absolute Gasteiger partial charge is 0.244 e. The highest BCUT2D eigenvalue weighted by Crippen LogP contribution is 2.25. The lowest BCUT2D eigenvalue weighted by Gasteiger charge is -2.32. The van der Waals surface area contributed by atoms with Crippen LogP contribution in [0.5, 0.6) is 5.75 Å². The van der Waals surface area contributed by atoms with Gasteiger partial charge in [0.2, 0.25) is 21.8 Å². The summed E-state index contributed by atoms with van der Waals surface area (Å²) in [7, 11) is -2.22. The first-order valence-corrected chi connectivity index (χ1v) is 13.5. The lowest BCUT2D eigenvalue weighted by atomic mass is 10.1. The number of rotatable bonds is 11. The van der Waals surface area contributed by atoms with Crippen molar-refractivity contribution in [2.45, 2.75) is 59.7 Å². The molecule has 0 aliphatic heterocycles. The summed E-state index contributed by atoms with van der Waals surface area (Å²) in [6.07, 6.45) is 1.82. The number of sulfonamides is 1. The van der Waals surface area contributed by atoms with E-state index in [-0.39, 0.29) is 18.5 Å². The molecule has 0 saturated carbocycles. The second-order valence-electron chi connectivity index (χ2n) is 8.93. The largest absolute Gasteiger partial charge is 0.497 e.